The van der Waals surface area contributed by atoms with E-state index >= 15 is 0 Å². The average Bonchev–Trinajstić information content (AvgIpc) is 2.86. The molecule has 3 heteroatoms. The van der Waals surface area contributed by atoms with Gasteiger partial charge >= 0.3 is 0 Å². The van der Waals surface area contributed by atoms with Crippen molar-refractivity contribution in [3.63, 3.8) is 0 Å². The predicted octanol–water partition coefficient (Wildman–Crippen LogP) is 3.37. The lowest BCUT2D eigenvalue weighted by molar-refractivity contribution is 0.492. The van der Waals surface area contributed by atoms with E-state index in [4.69, 9.17) is 5.84 Å². The van der Waals surface area contributed by atoms with Crippen LogP contribution >= 0.6 is 11.3 Å². The van der Waals surface area contributed by atoms with Crippen molar-refractivity contribution in [1.29, 1.82) is 0 Å². The predicted molar refractivity (Wildman–Crippen MR) is 83.4 cm³/mol. The minimum absolute atomic E-state index is 0.336. The summed E-state index contributed by atoms with van der Waals surface area (Å²) in [6, 6.07) is 11.3. The summed E-state index contributed by atoms with van der Waals surface area (Å²) in [5.74, 6) is 5.69. The highest BCUT2D eigenvalue weighted by molar-refractivity contribution is 7.09. The molecule has 1 aromatic carbocycles. The fourth-order valence-corrected chi connectivity index (χ4v) is 3.21. The van der Waals surface area contributed by atoms with Crippen LogP contribution in [0.4, 0.5) is 0 Å². The van der Waals surface area contributed by atoms with E-state index in [2.05, 4.69) is 55.0 Å². The zero-order valence-corrected chi connectivity index (χ0v) is 12.5. The van der Waals surface area contributed by atoms with E-state index in [0.29, 0.717) is 6.04 Å². The van der Waals surface area contributed by atoms with Gasteiger partial charge in [0, 0.05) is 10.9 Å². The number of nitrogens with two attached hydrogens (primary N) is 1. The monoisotopic (exact) mass is 274 g/mol. The normalized spacial score (nSPS) is 12.6. The zero-order valence-electron chi connectivity index (χ0n) is 11.6. The van der Waals surface area contributed by atoms with Crippen LogP contribution in [0.2, 0.25) is 0 Å². The summed E-state index contributed by atoms with van der Waals surface area (Å²) in [7, 11) is 0. The third-order valence-corrected chi connectivity index (χ3v) is 4.25. The first kappa shape index (κ1) is 14.3. The summed E-state index contributed by atoms with van der Waals surface area (Å²) in [5, 5.41) is 2.13. The van der Waals surface area contributed by atoms with Crippen molar-refractivity contribution in [1.82, 2.24) is 5.43 Å². The average molecular weight is 274 g/mol. The first-order valence-corrected chi connectivity index (χ1v) is 7.61. The molecule has 0 aliphatic carbocycles. The van der Waals surface area contributed by atoms with Gasteiger partial charge in [-0.25, -0.2) is 0 Å². The third-order valence-electron chi connectivity index (χ3n) is 3.32. The fourth-order valence-electron chi connectivity index (χ4n) is 2.49. The summed E-state index contributed by atoms with van der Waals surface area (Å²) in [6.45, 7) is 4.29. The van der Waals surface area contributed by atoms with Crippen LogP contribution in [0, 0.1) is 13.8 Å². The smallest absolute Gasteiger partial charge is 0.0254 e. The van der Waals surface area contributed by atoms with Gasteiger partial charge in [0.05, 0.1) is 0 Å². The highest BCUT2D eigenvalue weighted by Crippen LogP contribution is 2.15. The SMILES string of the molecule is Cc1cc(C)cc(CC(CCc2cccs2)NN)c1. The van der Waals surface area contributed by atoms with Gasteiger partial charge in [-0.3, -0.25) is 11.3 Å². The molecule has 0 amide bonds. The first-order chi connectivity index (χ1) is 9.17. The van der Waals surface area contributed by atoms with Gasteiger partial charge in [0.15, 0.2) is 0 Å². The van der Waals surface area contributed by atoms with Gasteiger partial charge in [-0.05, 0) is 50.1 Å². The summed E-state index contributed by atoms with van der Waals surface area (Å²) in [4.78, 5) is 1.43. The molecule has 0 aliphatic rings. The lowest BCUT2D eigenvalue weighted by Gasteiger charge is -2.16. The molecule has 0 saturated carbocycles. The Morgan fingerprint density at radius 2 is 1.95 bits per heavy atom. The molecular weight excluding hydrogens is 252 g/mol. The number of hydrazine groups is 1. The summed E-state index contributed by atoms with van der Waals surface area (Å²) >= 11 is 1.82. The summed E-state index contributed by atoms with van der Waals surface area (Å²) in [6.07, 6.45) is 3.16. The Kier molecular flexibility index (Phi) is 5.14. The minimum atomic E-state index is 0.336. The van der Waals surface area contributed by atoms with E-state index in [1.807, 2.05) is 11.3 Å². The molecule has 1 unspecified atom stereocenters. The highest BCUT2D eigenvalue weighted by Gasteiger charge is 2.09. The standard InChI is InChI=1S/C16H22N2S/c1-12-8-13(2)10-14(9-12)11-15(18-17)5-6-16-4-3-7-19-16/h3-4,7-10,15,18H,5-6,11,17H2,1-2H3. The number of rotatable bonds is 6. The minimum Gasteiger partial charge on any atom is -0.271 e. The van der Waals surface area contributed by atoms with Crippen molar-refractivity contribution in [2.24, 2.45) is 5.84 Å². The molecule has 2 nitrogen and oxygen atoms in total. The summed E-state index contributed by atoms with van der Waals surface area (Å²) < 4.78 is 0. The summed E-state index contributed by atoms with van der Waals surface area (Å²) in [5.41, 5.74) is 6.97. The van der Waals surface area contributed by atoms with E-state index in [-0.39, 0.29) is 0 Å². The third kappa shape index (κ3) is 4.46. The van der Waals surface area contributed by atoms with Crippen molar-refractivity contribution >= 4 is 11.3 Å². The van der Waals surface area contributed by atoms with Crippen LogP contribution in [-0.2, 0) is 12.8 Å². The Morgan fingerprint density at radius 3 is 2.53 bits per heavy atom. The number of aryl methyl sites for hydroxylation is 3. The van der Waals surface area contributed by atoms with Gasteiger partial charge in [0.2, 0.25) is 0 Å². The number of hydrogen-bond donors (Lipinski definition) is 2. The van der Waals surface area contributed by atoms with Gasteiger partial charge in [-0.15, -0.1) is 11.3 Å². The zero-order chi connectivity index (χ0) is 13.7. The van der Waals surface area contributed by atoms with Gasteiger partial charge in [0.25, 0.3) is 0 Å². The fraction of sp³-hybridized carbons (Fsp3) is 0.375. The van der Waals surface area contributed by atoms with Crippen LogP contribution in [-0.4, -0.2) is 6.04 Å². The van der Waals surface area contributed by atoms with E-state index in [1.165, 1.54) is 21.6 Å². The van der Waals surface area contributed by atoms with Crippen molar-refractivity contribution < 1.29 is 0 Å². The Labute approximate surface area is 119 Å². The van der Waals surface area contributed by atoms with Crippen molar-refractivity contribution in [2.45, 2.75) is 39.2 Å². The van der Waals surface area contributed by atoms with Crippen molar-refractivity contribution in [3.8, 4) is 0 Å². The first-order valence-electron chi connectivity index (χ1n) is 6.73. The Morgan fingerprint density at radius 1 is 1.21 bits per heavy atom. The number of thiophene rings is 1. The molecule has 1 heterocycles. The molecule has 3 N–H and O–H groups in total. The molecule has 19 heavy (non-hydrogen) atoms. The molecule has 0 fully saturated rings. The number of nitrogens with one attached hydrogen (secondary N) is 1. The maximum Gasteiger partial charge on any atom is 0.0254 e. The number of hydrogen-bond acceptors (Lipinski definition) is 3. The van der Waals surface area contributed by atoms with E-state index in [9.17, 15) is 0 Å². The van der Waals surface area contributed by atoms with Gasteiger partial charge in [-0.2, -0.15) is 0 Å². The van der Waals surface area contributed by atoms with Crippen molar-refractivity contribution in [2.75, 3.05) is 0 Å². The van der Waals surface area contributed by atoms with Gasteiger partial charge in [-0.1, -0.05) is 35.4 Å². The topological polar surface area (TPSA) is 38.0 Å². The lowest BCUT2D eigenvalue weighted by atomic mass is 9.99. The molecule has 1 aromatic heterocycles. The Hall–Kier alpha value is -1.16. The van der Waals surface area contributed by atoms with E-state index in [1.54, 1.807) is 0 Å². The molecule has 0 bridgehead atoms. The quantitative estimate of drug-likeness (QED) is 0.626. The molecule has 2 rings (SSSR count). The van der Waals surface area contributed by atoms with E-state index in [0.717, 1.165) is 19.3 Å². The molecule has 0 spiro atoms. The second kappa shape index (κ2) is 6.85. The van der Waals surface area contributed by atoms with Crippen molar-refractivity contribution in [3.05, 3.63) is 57.3 Å². The van der Waals surface area contributed by atoms with Crippen LogP contribution in [0.1, 0.15) is 28.0 Å². The van der Waals surface area contributed by atoms with Gasteiger partial charge in [0.1, 0.15) is 0 Å². The molecule has 2 aromatic rings. The van der Waals surface area contributed by atoms with Crippen LogP contribution in [0.25, 0.3) is 0 Å². The molecule has 1 atom stereocenters. The lowest BCUT2D eigenvalue weighted by Crippen LogP contribution is -2.37. The van der Waals surface area contributed by atoms with E-state index < -0.39 is 0 Å². The molecule has 0 radical (unpaired) electrons. The molecule has 0 saturated heterocycles. The Balaban J connectivity index is 1.94. The molecule has 102 valence electrons. The molecular formula is C16H22N2S. The maximum atomic E-state index is 5.69. The van der Waals surface area contributed by atoms with Crippen LogP contribution in [0.3, 0.4) is 0 Å². The number of benzene rings is 1. The van der Waals surface area contributed by atoms with Gasteiger partial charge < -0.3 is 0 Å². The second-order valence-electron chi connectivity index (χ2n) is 5.18. The largest absolute Gasteiger partial charge is 0.271 e. The molecule has 0 aliphatic heterocycles. The Bertz CT molecular complexity index is 485. The second-order valence-corrected chi connectivity index (χ2v) is 6.21. The maximum absolute atomic E-state index is 5.69. The highest BCUT2D eigenvalue weighted by atomic mass is 32.1. The van der Waals surface area contributed by atoms with Crippen LogP contribution < -0.4 is 11.3 Å². The van der Waals surface area contributed by atoms with Crippen LogP contribution in [0.5, 0.6) is 0 Å². The van der Waals surface area contributed by atoms with Crippen LogP contribution in [0.15, 0.2) is 35.7 Å².